The molecule has 2 atom stereocenters. The largest absolute Gasteiger partial charge is 0.396 e. The van der Waals surface area contributed by atoms with E-state index in [0.717, 1.165) is 5.56 Å². The first-order chi connectivity index (χ1) is 9.85. The van der Waals surface area contributed by atoms with E-state index in [1.54, 1.807) is 4.90 Å². The van der Waals surface area contributed by atoms with E-state index in [4.69, 9.17) is 5.84 Å². The zero-order valence-electron chi connectivity index (χ0n) is 11.3. The Morgan fingerprint density at radius 1 is 1.29 bits per heavy atom. The summed E-state index contributed by atoms with van der Waals surface area (Å²) in [4.78, 5) is 13.5. The van der Waals surface area contributed by atoms with Crippen LogP contribution >= 0.6 is 0 Å². The van der Waals surface area contributed by atoms with Crippen LogP contribution in [0.15, 0.2) is 30.3 Å². The number of benzene rings is 1. The molecule has 1 saturated carbocycles. The molecule has 1 heterocycles. The van der Waals surface area contributed by atoms with Gasteiger partial charge in [-0.05, 0) is 12.0 Å². The molecule has 114 valence electrons. The van der Waals surface area contributed by atoms with Crippen molar-refractivity contribution in [1.29, 1.82) is 0 Å². The van der Waals surface area contributed by atoms with Crippen LogP contribution in [-0.4, -0.2) is 30.1 Å². The molecule has 0 unspecified atom stereocenters. The summed E-state index contributed by atoms with van der Waals surface area (Å²) >= 11 is 0. The summed E-state index contributed by atoms with van der Waals surface area (Å²) in [6.45, 7) is 0.335. The fourth-order valence-electron chi connectivity index (χ4n) is 3.63. The number of rotatable bonds is 3. The highest BCUT2D eigenvalue weighted by molar-refractivity contribution is 5.88. The second-order valence-corrected chi connectivity index (χ2v) is 5.94. The van der Waals surface area contributed by atoms with Crippen molar-refractivity contribution in [3.8, 4) is 0 Å². The summed E-state index contributed by atoms with van der Waals surface area (Å²) in [7, 11) is 0. The van der Waals surface area contributed by atoms with Crippen LogP contribution < -0.4 is 11.3 Å². The van der Waals surface area contributed by atoms with Gasteiger partial charge >= 0.3 is 6.18 Å². The zero-order chi connectivity index (χ0) is 15.3. The number of halogens is 3. The Kier molecular flexibility index (Phi) is 3.04. The van der Waals surface area contributed by atoms with Gasteiger partial charge in [0.25, 0.3) is 0 Å². The Hall–Kier alpha value is -1.60. The van der Waals surface area contributed by atoms with Crippen molar-refractivity contribution >= 4 is 5.91 Å². The number of hydrazine groups is 1. The van der Waals surface area contributed by atoms with Crippen LogP contribution in [0.5, 0.6) is 0 Å². The summed E-state index contributed by atoms with van der Waals surface area (Å²) in [5, 5.41) is 0. The minimum absolute atomic E-state index is 0.0877. The molecule has 1 aromatic rings. The van der Waals surface area contributed by atoms with E-state index in [0.29, 0.717) is 6.54 Å². The molecule has 4 nitrogen and oxygen atoms in total. The molecular weight excluding hydrogens is 283 g/mol. The fraction of sp³-hybridized carbons (Fsp3) is 0.500. The molecule has 3 N–H and O–H groups in total. The Bertz CT molecular complexity index is 562. The van der Waals surface area contributed by atoms with Crippen LogP contribution in [0.3, 0.4) is 0 Å². The molecule has 0 bridgehead atoms. The number of nitrogens with two attached hydrogens (primary N) is 1. The van der Waals surface area contributed by atoms with Crippen LogP contribution in [0, 0.1) is 10.8 Å². The van der Waals surface area contributed by atoms with Gasteiger partial charge in [0.1, 0.15) is 0 Å². The van der Waals surface area contributed by atoms with Crippen molar-refractivity contribution in [2.45, 2.75) is 19.1 Å². The Balaban J connectivity index is 1.83. The molecule has 7 heteroatoms. The second-order valence-electron chi connectivity index (χ2n) is 5.94. The van der Waals surface area contributed by atoms with Gasteiger partial charge in [0.05, 0.1) is 10.8 Å². The Morgan fingerprint density at radius 3 is 2.52 bits per heavy atom. The second kappa shape index (κ2) is 4.45. The maximum Gasteiger partial charge on any atom is 0.396 e. The lowest BCUT2D eigenvalue weighted by molar-refractivity contribution is -0.194. The van der Waals surface area contributed by atoms with E-state index < -0.39 is 22.9 Å². The maximum absolute atomic E-state index is 13.4. The highest BCUT2D eigenvalue weighted by Crippen LogP contribution is 2.74. The van der Waals surface area contributed by atoms with E-state index in [2.05, 4.69) is 0 Å². The highest BCUT2D eigenvalue weighted by Gasteiger charge is 2.85. The van der Waals surface area contributed by atoms with Crippen molar-refractivity contribution < 1.29 is 18.0 Å². The van der Waals surface area contributed by atoms with Crippen LogP contribution in [0.2, 0.25) is 0 Å². The van der Waals surface area contributed by atoms with Gasteiger partial charge < -0.3 is 0 Å². The minimum Gasteiger partial charge on any atom is -0.297 e. The maximum atomic E-state index is 13.4. The van der Waals surface area contributed by atoms with Gasteiger partial charge in [0.15, 0.2) is 0 Å². The number of hydrogen-bond acceptors (Lipinski definition) is 3. The lowest BCUT2D eigenvalue weighted by Gasteiger charge is -2.22. The predicted molar refractivity (Wildman–Crippen MR) is 69.6 cm³/mol. The normalized spacial score (nSPS) is 31.8. The summed E-state index contributed by atoms with van der Waals surface area (Å²) in [5.41, 5.74) is -0.533. The zero-order valence-corrected chi connectivity index (χ0v) is 11.3. The van der Waals surface area contributed by atoms with Gasteiger partial charge in [-0.25, -0.2) is 5.84 Å². The first-order valence-corrected chi connectivity index (χ1v) is 6.69. The van der Waals surface area contributed by atoms with Crippen molar-refractivity contribution in [3.63, 3.8) is 0 Å². The monoisotopic (exact) mass is 299 g/mol. The lowest BCUT2D eigenvalue weighted by Crippen LogP contribution is -2.43. The fourth-order valence-corrected chi connectivity index (χ4v) is 3.63. The third-order valence-corrected chi connectivity index (χ3v) is 4.74. The number of nitrogens with zero attached hydrogens (tertiary/aromatic N) is 1. The number of carbonyl (C=O) groups is 1. The number of likely N-dealkylation sites (tertiary alicyclic amines) is 1. The van der Waals surface area contributed by atoms with E-state index in [-0.39, 0.29) is 19.5 Å². The topological polar surface area (TPSA) is 58.4 Å². The molecule has 1 aromatic carbocycles. The number of amides is 1. The van der Waals surface area contributed by atoms with Crippen LogP contribution in [0.1, 0.15) is 12.0 Å². The Morgan fingerprint density at radius 2 is 1.95 bits per heavy atom. The Labute approximate surface area is 120 Å². The summed E-state index contributed by atoms with van der Waals surface area (Å²) in [5.74, 6) is 4.37. The highest BCUT2D eigenvalue weighted by atomic mass is 19.4. The lowest BCUT2D eigenvalue weighted by atomic mass is 9.95. The number of carbonyl (C=O) groups excluding carboxylic acids is 1. The molecule has 1 aliphatic carbocycles. The van der Waals surface area contributed by atoms with Gasteiger partial charge in [0.2, 0.25) is 5.91 Å². The molecule has 1 aliphatic heterocycles. The minimum atomic E-state index is -4.40. The van der Waals surface area contributed by atoms with Crippen molar-refractivity contribution in [2.75, 3.05) is 13.1 Å². The van der Waals surface area contributed by atoms with E-state index >= 15 is 0 Å². The van der Waals surface area contributed by atoms with Crippen molar-refractivity contribution in [1.82, 2.24) is 10.3 Å². The van der Waals surface area contributed by atoms with Gasteiger partial charge in [0, 0.05) is 19.6 Å². The molecule has 1 saturated heterocycles. The standard InChI is InChI=1S/C14H16F3N3O/c15-14(16,17)13-7-12(13,11(21)19-18)8-20(9-13)6-10-4-2-1-3-5-10/h1-5H,6-9,18H2,(H,19,21)/t12-,13-/m0/s1. The third kappa shape index (κ3) is 1.95. The predicted octanol–water partition coefficient (Wildman–Crippen LogP) is 1.43. The number of fused-ring (bicyclic) bond motifs is 1. The average molecular weight is 299 g/mol. The third-order valence-electron chi connectivity index (χ3n) is 4.74. The first kappa shape index (κ1) is 14.3. The molecule has 0 aromatic heterocycles. The molecule has 1 amide bonds. The molecule has 0 radical (unpaired) electrons. The number of alkyl halides is 3. The molecule has 0 spiro atoms. The summed E-state index contributed by atoms with van der Waals surface area (Å²) in [6, 6.07) is 9.26. The molecule has 2 aliphatic rings. The summed E-state index contributed by atoms with van der Waals surface area (Å²) < 4.78 is 40.2. The van der Waals surface area contributed by atoms with Crippen molar-refractivity contribution in [3.05, 3.63) is 35.9 Å². The van der Waals surface area contributed by atoms with Crippen LogP contribution in [0.25, 0.3) is 0 Å². The van der Waals surface area contributed by atoms with Crippen molar-refractivity contribution in [2.24, 2.45) is 16.7 Å². The summed E-state index contributed by atoms with van der Waals surface area (Å²) in [6.07, 6.45) is -4.57. The SMILES string of the molecule is NNC(=O)[C@]12CN(Cc3ccccc3)C[C@@]1(C(F)(F)F)C2. The molecule has 2 fully saturated rings. The molecule has 21 heavy (non-hydrogen) atoms. The van der Waals surface area contributed by atoms with E-state index in [9.17, 15) is 18.0 Å². The van der Waals surface area contributed by atoms with Gasteiger partial charge in [-0.1, -0.05) is 30.3 Å². The van der Waals surface area contributed by atoms with Gasteiger partial charge in [-0.15, -0.1) is 0 Å². The number of nitrogens with one attached hydrogen (secondary N) is 1. The average Bonchev–Trinajstić information content (AvgIpc) is 2.98. The van der Waals surface area contributed by atoms with Gasteiger partial charge in [-0.3, -0.25) is 15.1 Å². The number of hydrogen-bond donors (Lipinski definition) is 2. The smallest absolute Gasteiger partial charge is 0.297 e. The first-order valence-electron chi connectivity index (χ1n) is 6.69. The molecule has 3 rings (SSSR count). The van der Waals surface area contributed by atoms with E-state index in [1.165, 1.54) is 0 Å². The molecular formula is C14H16F3N3O. The van der Waals surface area contributed by atoms with Crippen LogP contribution in [0.4, 0.5) is 13.2 Å². The quantitative estimate of drug-likeness (QED) is 0.504. The van der Waals surface area contributed by atoms with Gasteiger partial charge in [-0.2, -0.15) is 13.2 Å². The number of piperidine rings is 1. The van der Waals surface area contributed by atoms with E-state index in [1.807, 2.05) is 35.8 Å². The van der Waals surface area contributed by atoms with Crippen LogP contribution in [-0.2, 0) is 11.3 Å².